The normalized spacial score (nSPS) is 12.9. The van der Waals surface area contributed by atoms with Crippen LogP contribution in [0.2, 0.25) is 0 Å². The molecule has 0 aliphatic carbocycles. The first-order valence-corrected chi connectivity index (χ1v) is 4.18. The lowest BCUT2D eigenvalue weighted by Crippen LogP contribution is -2.12. The predicted octanol–water partition coefficient (Wildman–Crippen LogP) is 0.844. The van der Waals surface area contributed by atoms with Gasteiger partial charge in [-0.05, 0) is 13.3 Å². The molecule has 1 aromatic rings. The summed E-state index contributed by atoms with van der Waals surface area (Å²) in [6, 6.07) is -0.130. The smallest absolute Gasteiger partial charge is 0.167 e. The molecule has 12 heavy (non-hydrogen) atoms. The van der Waals surface area contributed by atoms with Gasteiger partial charge < -0.3 is 5.73 Å². The van der Waals surface area contributed by atoms with Crippen LogP contribution in [0, 0.1) is 0 Å². The Labute approximate surface area is 72.2 Å². The van der Waals surface area contributed by atoms with Gasteiger partial charge in [-0.2, -0.15) is 5.10 Å². The first kappa shape index (κ1) is 9.06. The van der Waals surface area contributed by atoms with Crippen LogP contribution in [0.5, 0.6) is 0 Å². The zero-order valence-electron chi connectivity index (χ0n) is 7.49. The summed E-state index contributed by atoms with van der Waals surface area (Å²) >= 11 is 0. The maximum Gasteiger partial charge on any atom is 0.167 e. The lowest BCUT2D eigenvalue weighted by molar-refractivity contribution is 0.687. The molecule has 0 aliphatic heterocycles. The van der Waals surface area contributed by atoms with Crippen molar-refractivity contribution >= 4 is 0 Å². The summed E-state index contributed by atoms with van der Waals surface area (Å²) in [7, 11) is 0. The number of aromatic nitrogens is 3. The Bertz CT molecular complexity index is 247. The molecule has 66 valence electrons. The first-order chi connectivity index (χ1) is 5.74. The van der Waals surface area contributed by atoms with Gasteiger partial charge in [0.1, 0.15) is 0 Å². The van der Waals surface area contributed by atoms with Crippen molar-refractivity contribution in [3.8, 4) is 0 Å². The second kappa shape index (κ2) is 4.11. The first-order valence-electron chi connectivity index (χ1n) is 4.18. The van der Waals surface area contributed by atoms with E-state index in [0.717, 1.165) is 18.5 Å². The molecule has 1 heterocycles. The Morgan fingerprint density at radius 2 is 2.33 bits per heavy atom. The van der Waals surface area contributed by atoms with E-state index in [1.807, 2.05) is 6.92 Å². The number of hydrogen-bond acceptors (Lipinski definition) is 4. The molecule has 0 saturated heterocycles. The topological polar surface area (TPSA) is 64.7 Å². The zero-order chi connectivity index (χ0) is 8.97. The molecule has 1 atom stereocenters. The fraction of sp³-hybridized carbons (Fsp3) is 0.625. The van der Waals surface area contributed by atoms with Gasteiger partial charge in [0, 0.05) is 0 Å². The van der Waals surface area contributed by atoms with Gasteiger partial charge in [-0.3, -0.25) is 0 Å². The molecule has 0 bridgehead atoms. The predicted molar refractivity (Wildman–Crippen MR) is 46.4 cm³/mol. The largest absolute Gasteiger partial charge is 0.321 e. The Morgan fingerprint density at radius 1 is 1.58 bits per heavy atom. The third-order valence-corrected chi connectivity index (χ3v) is 1.54. The minimum Gasteiger partial charge on any atom is -0.321 e. The second-order valence-electron chi connectivity index (χ2n) is 2.84. The van der Waals surface area contributed by atoms with Gasteiger partial charge in [0.15, 0.2) is 5.82 Å². The van der Waals surface area contributed by atoms with Crippen molar-refractivity contribution in [2.75, 3.05) is 0 Å². The zero-order valence-corrected chi connectivity index (χ0v) is 7.49. The fourth-order valence-electron chi connectivity index (χ4n) is 0.923. The van der Waals surface area contributed by atoms with E-state index in [1.165, 1.54) is 0 Å². The third-order valence-electron chi connectivity index (χ3n) is 1.54. The van der Waals surface area contributed by atoms with Crippen molar-refractivity contribution in [2.45, 2.75) is 32.7 Å². The summed E-state index contributed by atoms with van der Waals surface area (Å²) in [6.07, 6.45) is 3.70. The van der Waals surface area contributed by atoms with Crippen LogP contribution >= 0.6 is 0 Å². The summed E-state index contributed by atoms with van der Waals surface area (Å²) in [5.74, 6) is 0.626. The fourth-order valence-corrected chi connectivity index (χ4v) is 0.923. The molecule has 0 spiro atoms. The highest BCUT2D eigenvalue weighted by Crippen LogP contribution is 2.02. The Balaban J connectivity index is 2.81. The van der Waals surface area contributed by atoms with E-state index >= 15 is 0 Å². The standard InChI is InChI=1S/C8H14N4/c1-3-4-7-5-10-12-8(11-7)6(2)9/h5-6H,3-4,9H2,1-2H3. The minimum absolute atomic E-state index is 0.130. The van der Waals surface area contributed by atoms with Crippen LogP contribution in [0.15, 0.2) is 6.20 Å². The highest BCUT2D eigenvalue weighted by molar-refractivity contribution is 4.98. The van der Waals surface area contributed by atoms with Crippen LogP contribution in [0.4, 0.5) is 0 Å². The molecule has 2 N–H and O–H groups in total. The number of nitrogens with two attached hydrogens (primary N) is 1. The van der Waals surface area contributed by atoms with Crippen molar-refractivity contribution in [2.24, 2.45) is 5.73 Å². The summed E-state index contributed by atoms with van der Waals surface area (Å²) in [5, 5.41) is 7.67. The van der Waals surface area contributed by atoms with E-state index in [0.29, 0.717) is 5.82 Å². The Morgan fingerprint density at radius 3 is 2.92 bits per heavy atom. The second-order valence-corrected chi connectivity index (χ2v) is 2.84. The lowest BCUT2D eigenvalue weighted by Gasteiger charge is -2.03. The van der Waals surface area contributed by atoms with Crippen molar-refractivity contribution in [3.05, 3.63) is 17.7 Å². The molecular weight excluding hydrogens is 152 g/mol. The summed E-state index contributed by atoms with van der Waals surface area (Å²) in [5.41, 5.74) is 6.59. The van der Waals surface area contributed by atoms with Gasteiger partial charge in [0.2, 0.25) is 0 Å². The molecular formula is C8H14N4. The monoisotopic (exact) mass is 166 g/mol. The molecule has 1 unspecified atom stereocenters. The SMILES string of the molecule is CCCc1cnnc(C(C)N)n1. The average Bonchev–Trinajstić information content (AvgIpc) is 2.05. The number of aryl methyl sites for hydroxylation is 1. The number of rotatable bonds is 3. The molecule has 0 aromatic carbocycles. The lowest BCUT2D eigenvalue weighted by atomic mass is 10.2. The van der Waals surface area contributed by atoms with Gasteiger partial charge in [-0.15, -0.1) is 5.10 Å². The maximum absolute atomic E-state index is 5.61. The molecule has 0 amide bonds. The highest BCUT2D eigenvalue weighted by atomic mass is 15.2. The van der Waals surface area contributed by atoms with E-state index in [-0.39, 0.29) is 6.04 Å². The van der Waals surface area contributed by atoms with Crippen LogP contribution in [0.25, 0.3) is 0 Å². The van der Waals surface area contributed by atoms with E-state index in [9.17, 15) is 0 Å². The Kier molecular flexibility index (Phi) is 3.10. The van der Waals surface area contributed by atoms with Crippen molar-refractivity contribution in [3.63, 3.8) is 0 Å². The molecule has 0 aliphatic rings. The van der Waals surface area contributed by atoms with Gasteiger partial charge in [-0.25, -0.2) is 4.98 Å². The van der Waals surface area contributed by atoms with E-state index in [1.54, 1.807) is 6.20 Å². The van der Waals surface area contributed by atoms with Crippen LogP contribution in [0.1, 0.15) is 37.8 Å². The van der Waals surface area contributed by atoms with Gasteiger partial charge in [-0.1, -0.05) is 13.3 Å². The van der Waals surface area contributed by atoms with Crippen LogP contribution in [0.3, 0.4) is 0 Å². The summed E-state index contributed by atoms with van der Waals surface area (Å²) in [4.78, 5) is 4.26. The quantitative estimate of drug-likeness (QED) is 0.722. The molecule has 4 heteroatoms. The highest BCUT2D eigenvalue weighted by Gasteiger charge is 2.03. The molecule has 1 rings (SSSR count). The molecule has 0 radical (unpaired) electrons. The maximum atomic E-state index is 5.61. The van der Waals surface area contributed by atoms with Crippen LogP contribution < -0.4 is 5.73 Å². The number of nitrogens with zero attached hydrogens (tertiary/aromatic N) is 3. The van der Waals surface area contributed by atoms with Crippen LogP contribution in [-0.2, 0) is 6.42 Å². The van der Waals surface area contributed by atoms with E-state index in [4.69, 9.17) is 5.73 Å². The molecule has 0 saturated carbocycles. The van der Waals surface area contributed by atoms with Gasteiger partial charge >= 0.3 is 0 Å². The van der Waals surface area contributed by atoms with E-state index < -0.39 is 0 Å². The van der Waals surface area contributed by atoms with Crippen molar-refractivity contribution in [1.82, 2.24) is 15.2 Å². The van der Waals surface area contributed by atoms with Gasteiger partial charge in [0.05, 0.1) is 17.9 Å². The summed E-state index contributed by atoms with van der Waals surface area (Å²) < 4.78 is 0. The molecule has 4 nitrogen and oxygen atoms in total. The Hall–Kier alpha value is -1.03. The van der Waals surface area contributed by atoms with Crippen molar-refractivity contribution < 1.29 is 0 Å². The number of hydrogen-bond donors (Lipinski definition) is 1. The average molecular weight is 166 g/mol. The molecule has 0 fully saturated rings. The van der Waals surface area contributed by atoms with Crippen LogP contribution in [-0.4, -0.2) is 15.2 Å². The third kappa shape index (κ3) is 2.23. The molecule has 1 aromatic heterocycles. The van der Waals surface area contributed by atoms with Crippen molar-refractivity contribution in [1.29, 1.82) is 0 Å². The van der Waals surface area contributed by atoms with E-state index in [2.05, 4.69) is 22.1 Å². The minimum atomic E-state index is -0.130. The summed E-state index contributed by atoms with van der Waals surface area (Å²) in [6.45, 7) is 3.96. The van der Waals surface area contributed by atoms with Gasteiger partial charge in [0.25, 0.3) is 0 Å².